The lowest BCUT2D eigenvalue weighted by molar-refractivity contribution is -0.384. The van der Waals surface area contributed by atoms with Crippen molar-refractivity contribution < 1.29 is 14.5 Å². The van der Waals surface area contributed by atoms with Crippen LogP contribution in [-0.4, -0.2) is 16.8 Å². The molecule has 110 valence electrons. The number of nitro groups is 1. The number of hydrogen-bond donors (Lipinski definition) is 0. The summed E-state index contributed by atoms with van der Waals surface area (Å²) in [4.78, 5) is 27.0. The van der Waals surface area contributed by atoms with Crippen LogP contribution in [0.25, 0.3) is 6.08 Å². The maximum atomic E-state index is 11.8. The van der Waals surface area contributed by atoms with Crippen LogP contribution in [0.4, 0.5) is 5.69 Å². The Bertz CT molecular complexity index is 824. The van der Waals surface area contributed by atoms with Crippen LogP contribution in [0.3, 0.4) is 0 Å². The first-order valence-corrected chi connectivity index (χ1v) is 7.66. The molecule has 1 aromatic carbocycles. The van der Waals surface area contributed by atoms with Gasteiger partial charge < -0.3 is 4.74 Å². The number of carbonyl (C=O) groups is 1. The Labute approximate surface area is 137 Å². The van der Waals surface area contributed by atoms with Gasteiger partial charge in [-0.15, -0.1) is 11.3 Å². The van der Waals surface area contributed by atoms with E-state index in [0.717, 1.165) is 8.66 Å². The number of rotatable bonds is 3. The van der Waals surface area contributed by atoms with Gasteiger partial charge in [0.15, 0.2) is 5.70 Å². The standard InChI is InChI=1S/C14H7BrN2O4S/c15-12-6-5-10(22-12)7-11-14(18)21-13(16-11)8-1-3-9(4-2-8)17(19)20/h1-7H/b11-7-. The van der Waals surface area contributed by atoms with Gasteiger partial charge >= 0.3 is 5.97 Å². The summed E-state index contributed by atoms with van der Waals surface area (Å²) >= 11 is 4.81. The van der Waals surface area contributed by atoms with Crippen molar-refractivity contribution in [1.29, 1.82) is 0 Å². The Hall–Kier alpha value is -2.32. The van der Waals surface area contributed by atoms with Gasteiger partial charge in [0.25, 0.3) is 5.69 Å². The minimum atomic E-state index is -0.544. The van der Waals surface area contributed by atoms with E-state index in [4.69, 9.17) is 4.74 Å². The van der Waals surface area contributed by atoms with Gasteiger partial charge in [-0.25, -0.2) is 9.79 Å². The fourth-order valence-corrected chi connectivity index (χ4v) is 3.16. The monoisotopic (exact) mass is 378 g/mol. The molecule has 0 N–H and O–H groups in total. The number of aliphatic imine (C=N–C) groups is 1. The van der Waals surface area contributed by atoms with Crippen molar-refractivity contribution in [3.8, 4) is 0 Å². The van der Waals surface area contributed by atoms with Gasteiger partial charge in [0.2, 0.25) is 5.90 Å². The van der Waals surface area contributed by atoms with E-state index >= 15 is 0 Å². The summed E-state index contributed by atoms with van der Waals surface area (Å²) in [5, 5.41) is 10.6. The molecule has 0 fully saturated rings. The van der Waals surface area contributed by atoms with E-state index in [9.17, 15) is 14.9 Å². The van der Waals surface area contributed by atoms with Crippen LogP contribution < -0.4 is 0 Å². The van der Waals surface area contributed by atoms with Crippen LogP contribution in [0.5, 0.6) is 0 Å². The van der Waals surface area contributed by atoms with Gasteiger partial charge in [-0.1, -0.05) is 0 Å². The molecule has 22 heavy (non-hydrogen) atoms. The Balaban J connectivity index is 1.89. The Kier molecular flexibility index (Phi) is 3.86. The van der Waals surface area contributed by atoms with Crippen molar-refractivity contribution in [2.24, 2.45) is 4.99 Å². The fourth-order valence-electron chi connectivity index (χ4n) is 1.80. The maximum Gasteiger partial charge on any atom is 0.363 e. The molecule has 2 heterocycles. The number of nitrogens with zero attached hydrogens (tertiary/aromatic N) is 2. The molecule has 2 aromatic rings. The summed E-state index contributed by atoms with van der Waals surface area (Å²) < 4.78 is 6.05. The van der Waals surface area contributed by atoms with Crippen LogP contribution in [0.15, 0.2) is 50.9 Å². The van der Waals surface area contributed by atoms with Gasteiger partial charge in [-0.3, -0.25) is 10.1 Å². The number of halogens is 1. The van der Waals surface area contributed by atoms with Crippen molar-refractivity contribution in [3.05, 3.63) is 66.4 Å². The molecule has 6 nitrogen and oxygen atoms in total. The number of ether oxygens (including phenoxy) is 1. The first kappa shape index (κ1) is 14.6. The first-order chi connectivity index (χ1) is 10.5. The number of carbonyl (C=O) groups excluding carboxylic acids is 1. The highest BCUT2D eigenvalue weighted by atomic mass is 79.9. The number of non-ortho nitro benzene ring substituents is 1. The molecule has 1 aromatic heterocycles. The quantitative estimate of drug-likeness (QED) is 0.352. The lowest BCUT2D eigenvalue weighted by atomic mass is 10.2. The summed E-state index contributed by atoms with van der Waals surface area (Å²) in [5.41, 5.74) is 0.672. The van der Waals surface area contributed by atoms with Crippen LogP contribution in [0.1, 0.15) is 10.4 Å². The van der Waals surface area contributed by atoms with E-state index < -0.39 is 10.9 Å². The topological polar surface area (TPSA) is 81.8 Å². The second-order valence-electron chi connectivity index (χ2n) is 4.28. The second-order valence-corrected chi connectivity index (χ2v) is 6.78. The number of esters is 1. The summed E-state index contributed by atoms with van der Waals surface area (Å²) in [6.45, 7) is 0. The van der Waals surface area contributed by atoms with E-state index in [2.05, 4.69) is 20.9 Å². The fraction of sp³-hybridized carbons (Fsp3) is 0. The zero-order valence-electron chi connectivity index (χ0n) is 10.9. The molecular weight excluding hydrogens is 372 g/mol. The molecule has 0 radical (unpaired) electrons. The van der Waals surface area contributed by atoms with Crippen molar-refractivity contribution in [2.45, 2.75) is 0 Å². The molecule has 0 atom stereocenters. The summed E-state index contributed by atoms with van der Waals surface area (Å²) in [6.07, 6.45) is 1.64. The van der Waals surface area contributed by atoms with E-state index in [-0.39, 0.29) is 17.3 Å². The largest absolute Gasteiger partial charge is 0.402 e. The van der Waals surface area contributed by atoms with Crippen molar-refractivity contribution in [3.63, 3.8) is 0 Å². The van der Waals surface area contributed by atoms with Crippen LogP contribution in [0.2, 0.25) is 0 Å². The van der Waals surface area contributed by atoms with E-state index in [0.29, 0.717) is 5.56 Å². The molecule has 0 saturated heterocycles. The minimum absolute atomic E-state index is 0.0344. The number of thiophene rings is 1. The van der Waals surface area contributed by atoms with Crippen LogP contribution >= 0.6 is 27.3 Å². The summed E-state index contributed by atoms with van der Waals surface area (Å²) in [5.74, 6) is -0.403. The average Bonchev–Trinajstić information content (AvgIpc) is 3.06. The van der Waals surface area contributed by atoms with Gasteiger partial charge in [0.1, 0.15) is 0 Å². The van der Waals surface area contributed by atoms with E-state index in [1.54, 1.807) is 6.08 Å². The second kappa shape index (κ2) is 5.82. The van der Waals surface area contributed by atoms with Crippen LogP contribution in [0, 0.1) is 10.1 Å². The normalized spacial score (nSPS) is 15.8. The molecule has 0 aliphatic carbocycles. The lowest BCUT2D eigenvalue weighted by Crippen LogP contribution is -2.05. The Morgan fingerprint density at radius 2 is 1.95 bits per heavy atom. The lowest BCUT2D eigenvalue weighted by Gasteiger charge is -1.98. The van der Waals surface area contributed by atoms with E-state index in [1.165, 1.54) is 35.6 Å². The molecule has 8 heteroatoms. The van der Waals surface area contributed by atoms with Crippen molar-refractivity contribution in [1.82, 2.24) is 0 Å². The molecule has 0 spiro atoms. The zero-order chi connectivity index (χ0) is 15.7. The number of benzene rings is 1. The maximum absolute atomic E-state index is 11.8. The van der Waals surface area contributed by atoms with E-state index in [1.807, 2.05) is 12.1 Å². The highest BCUT2D eigenvalue weighted by Gasteiger charge is 2.24. The van der Waals surface area contributed by atoms with Crippen molar-refractivity contribution in [2.75, 3.05) is 0 Å². The third-order valence-electron chi connectivity index (χ3n) is 2.82. The molecule has 1 aliphatic heterocycles. The smallest absolute Gasteiger partial charge is 0.363 e. The molecular formula is C14H7BrN2O4S. The van der Waals surface area contributed by atoms with Gasteiger partial charge in [0, 0.05) is 22.6 Å². The molecule has 1 aliphatic rings. The number of nitro benzene ring substituents is 1. The Morgan fingerprint density at radius 3 is 2.55 bits per heavy atom. The molecule has 0 saturated carbocycles. The zero-order valence-corrected chi connectivity index (χ0v) is 13.3. The van der Waals surface area contributed by atoms with Gasteiger partial charge in [-0.05, 0) is 46.3 Å². The van der Waals surface area contributed by atoms with Crippen molar-refractivity contribution >= 4 is 50.9 Å². The van der Waals surface area contributed by atoms with Gasteiger partial charge in [0.05, 0.1) is 8.71 Å². The summed E-state index contributed by atoms with van der Waals surface area (Å²) in [7, 11) is 0. The predicted octanol–water partition coefficient (Wildman–Crippen LogP) is 3.76. The third-order valence-corrected chi connectivity index (χ3v) is 4.39. The number of hydrogen-bond acceptors (Lipinski definition) is 6. The minimum Gasteiger partial charge on any atom is -0.402 e. The van der Waals surface area contributed by atoms with Crippen LogP contribution in [-0.2, 0) is 9.53 Å². The molecule has 0 unspecified atom stereocenters. The third kappa shape index (κ3) is 2.97. The average molecular weight is 379 g/mol. The molecule has 0 bridgehead atoms. The number of cyclic esters (lactones) is 1. The molecule has 3 rings (SSSR count). The SMILES string of the molecule is O=C1OC(c2ccc([N+](=O)[O-])cc2)=N/C1=C\c1ccc(Br)s1. The highest BCUT2D eigenvalue weighted by molar-refractivity contribution is 9.11. The highest BCUT2D eigenvalue weighted by Crippen LogP contribution is 2.26. The summed E-state index contributed by atoms with van der Waals surface area (Å²) in [6, 6.07) is 9.39. The van der Waals surface area contributed by atoms with Gasteiger partial charge in [-0.2, -0.15) is 0 Å². The Morgan fingerprint density at radius 1 is 1.23 bits per heavy atom. The first-order valence-electron chi connectivity index (χ1n) is 6.05. The molecule has 0 amide bonds. The predicted molar refractivity (Wildman–Crippen MR) is 85.7 cm³/mol.